The maximum absolute atomic E-state index is 12.9. The topological polar surface area (TPSA) is 80.9 Å². The van der Waals surface area contributed by atoms with Gasteiger partial charge in [-0.3, -0.25) is 9.78 Å². The molecular weight excluding hydrogens is 309 g/mol. The van der Waals surface area contributed by atoms with Gasteiger partial charge in [-0.15, -0.1) is 0 Å². The molecule has 2 aromatic rings. The number of nitrogens with two attached hydrogens (primary N) is 1. The lowest BCUT2D eigenvalue weighted by Gasteiger charge is -2.14. The number of carbonyl (C=O) groups is 1. The zero-order valence-corrected chi connectivity index (χ0v) is 11.0. The fourth-order valence-corrected chi connectivity index (χ4v) is 1.78. The quantitative estimate of drug-likeness (QED) is 0.892. The molecule has 1 heterocycles. The minimum Gasteiger partial charge on any atom is -0.382 e. The number of nitrogen functional groups attached to an aromatic ring is 1. The first kappa shape index (κ1) is 15.0. The van der Waals surface area contributed by atoms with Gasteiger partial charge in [0.25, 0.3) is 5.91 Å². The number of benzene rings is 1. The molecular formula is C12H8ClF3N4O. The summed E-state index contributed by atoms with van der Waals surface area (Å²) in [4.78, 5) is 19.2. The number of aromatic nitrogens is 2. The second kappa shape index (κ2) is 5.57. The molecule has 0 aliphatic rings. The molecule has 2 rings (SSSR count). The number of halogens is 4. The van der Waals surface area contributed by atoms with Gasteiger partial charge in [0.15, 0.2) is 0 Å². The molecule has 0 bridgehead atoms. The minimum atomic E-state index is -4.66. The van der Waals surface area contributed by atoms with Gasteiger partial charge in [0.05, 0.1) is 28.7 Å². The SMILES string of the molecule is Nc1cncc(C(=O)Nc2c(Cl)cccc2C(F)(F)F)n1. The van der Waals surface area contributed by atoms with E-state index in [0.717, 1.165) is 18.3 Å². The molecule has 0 atom stereocenters. The van der Waals surface area contributed by atoms with E-state index in [1.807, 2.05) is 0 Å². The van der Waals surface area contributed by atoms with Crippen LogP contribution in [0.4, 0.5) is 24.7 Å². The summed E-state index contributed by atoms with van der Waals surface area (Å²) in [6.07, 6.45) is -2.38. The fourth-order valence-electron chi connectivity index (χ4n) is 1.56. The summed E-state index contributed by atoms with van der Waals surface area (Å²) in [5.41, 5.74) is 3.54. The Labute approximate surface area is 122 Å². The van der Waals surface area contributed by atoms with E-state index in [4.69, 9.17) is 17.3 Å². The van der Waals surface area contributed by atoms with Crippen LogP contribution < -0.4 is 11.1 Å². The van der Waals surface area contributed by atoms with Crippen LogP contribution in [0.2, 0.25) is 5.02 Å². The van der Waals surface area contributed by atoms with Crippen molar-refractivity contribution in [3.63, 3.8) is 0 Å². The summed E-state index contributed by atoms with van der Waals surface area (Å²) in [5.74, 6) is -0.925. The number of alkyl halides is 3. The molecule has 1 aromatic carbocycles. The van der Waals surface area contributed by atoms with Gasteiger partial charge in [-0.05, 0) is 12.1 Å². The lowest BCUT2D eigenvalue weighted by Crippen LogP contribution is -2.18. The van der Waals surface area contributed by atoms with Crippen LogP contribution in [0.3, 0.4) is 0 Å². The van der Waals surface area contributed by atoms with Crippen molar-refractivity contribution in [2.45, 2.75) is 6.18 Å². The number of nitrogens with zero attached hydrogens (tertiary/aromatic N) is 2. The van der Waals surface area contributed by atoms with E-state index in [1.165, 1.54) is 12.3 Å². The predicted molar refractivity (Wildman–Crippen MR) is 70.9 cm³/mol. The molecule has 5 nitrogen and oxygen atoms in total. The second-order valence-corrected chi connectivity index (χ2v) is 4.35. The Morgan fingerprint density at radius 2 is 2.00 bits per heavy atom. The van der Waals surface area contributed by atoms with E-state index in [2.05, 4.69) is 15.3 Å². The highest BCUT2D eigenvalue weighted by Crippen LogP contribution is 2.38. The highest BCUT2D eigenvalue weighted by Gasteiger charge is 2.35. The van der Waals surface area contributed by atoms with Crippen molar-refractivity contribution in [2.75, 3.05) is 11.1 Å². The van der Waals surface area contributed by atoms with Crippen LogP contribution >= 0.6 is 11.6 Å². The number of para-hydroxylation sites is 1. The van der Waals surface area contributed by atoms with Gasteiger partial charge in [0, 0.05) is 0 Å². The largest absolute Gasteiger partial charge is 0.418 e. The smallest absolute Gasteiger partial charge is 0.382 e. The maximum atomic E-state index is 12.9. The number of hydrogen-bond acceptors (Lipinski definition) is 4. The summed E-state index contributed by atoms with van der Waals surface area (Å²) in [7, 11) is 0. The highest BCUT2D eigenvalue weighted by molar-refractivity contribution is 6.34. The normalized spacial score (nSPS) is 11.2. The van der Waals surface area contributed by atoms with Crippen molar-refractivity contribution in [3.05, 3.63) is 46.9 Å². The molecule has 0 unspecified atom stereocenters. The molecule has 0 aliphatic carbocycles. The van der Waals surface area contributed by atoms with E-state index in [9.17, 15) is 18.0 Å². The van der Waals surface area contributed by atoms with E-state index < -0.39 is 23.3 Å². The number of rotatable bonds is 2. The van der Waals surface area contributed by atoms with Gasteiger partial charge < -0.3 is 11.1 Å². The van der Waals surface area contributed by atoms with Crippen molar-refractivity contribution < 1.29 is 18.0 Å². The molecule has 0 spiro atoms. The van der Waals surface area contributed by atoms with Crippen LogP contribution in [-0.2, 0) is 6.18 Å². The first-order valence-corrected chi connectivity index (χ1v) is 5.91. The predicted octanol–water partition coefficient (Wildman–Crippen LogP) is 2.98. The molecule has 0 saturated heterocycles. The summed E-state index contributed by atoms with van der Waals surface area (Å²) >= 11 is 5.72. The minimum absolute atomic E-state index is 0.0298. The van der Waals surface area contributed by atoms with Crippen molar-refractivity contribution in [1.82, 2.24) is 9.97 Å². The summed E-state index contributed by atoms with van der Waals surface area (Å²) in [6, 6.07) is 3.19. The van der Waals surface area contributed by atoms with Crippen LogP contribution in [0, 0.1) is 0 Å². The lowest BCUT2D eigenvalue weighted by atomic mass is 10.1. The van der Waals surface area contributed by atoms with Crippen LogP contribution in [0.25, 0.3) is 0 Å². The van der Waals surface area contributed by atoms with Crippen molar-refractivity contribution in [1.29, 1.82) is 0 Å². The second-order valence-electron chi connectivity index (χ2n) is 3.94. The first-order valence-electron chi connectivity index (χ1n) is 5.53. The van der Waals surface area contributed by atoms with Crippen molar-refractivity contribution in [3.8, 4) is 0 Å². The third-order valence-electron chi connectivity index (χ3n) is 2.44. The highest BCUT2D eigenvalue weighted by atomic mass is 35.5. The van der Waals surface area contributed by atoms with Crippen LogP contribution in [0.5, 0.6) is 0 Å². The Morgan fingerprint density at radius 1 is 1.29 bits per heavy atom. The molecule has 3 N–H and O–H groups in total. The third kappa shape index (κ3) is 3.40. The third-order valence-corrected chi connectivity index (χ3v) is 2.76. The van der Waals surface area contributed by atoms with Gasteiger partial charge in [0.2, 0.25) is 0 Å². The standard InChI is InChI=1S/C12H8ClF3N4O/c13-7-3-1-2-6(12(14,15)16)10(7)20-11(21)8-4-18-5-9(17)19-8/h1-5H,(H2,17,19)(H,20,21). The van der Waals surface area contributed by atoms with Crippen LogP contribution in [0.15, 0.2) is 30.6 Å². The molecule has 110 valence electrons. The number of nitrogens with one attached hydrogen (secondary N) is 1. The number of amides is 1. The molecule has 9 heteroatoms. The van der Waals surface area contributed by atoms with Crippen LogP contribution in [0.1, 0.15) is 16.1 Å². The van der Waals surface area contributed by atoms with Gasteiger partial charge in [-0.2, -0.15) is 13.2 Å². The maximum Gasteiger partial charge on any atom is 0.418 e. The van der Waals surface area contributed by atoms with Gasteiger partial charge in [-0.1, -0.05) is 17.7 Å². The van der Waals surface area contributed by atoms with Gasteiger partial charge in [0.1, 0.15) is 11.5 Å². The monoisotopic (exact) mass is 316 g/mol. The number of carbonyl (C=O) groups excluding carboxylic acids is 1. The summed E-state index contributed by atoms with van der Waals surface area (Å²) in [5, 5.41) is 1.84. The summed E-state index contributed by atoms with van der Waals surface area (Å²) < 4.78 is 38.7. The first-order chi connectivity index (χ1) is 9.79. The average Bonchev–Trinajstić information content (AvgIpc) is 2.39. The Kier molecular flexibility index (Phi) is 3.99. The molecule has 1 aromatic heterocycles. The van der Waals surface area contributed by atoms with Crippen molar-refractivity contribution in [2.24, 2.45) is 0 Å². The number of hydrogen-bond donors (Lipinski definition) is 2. The van der Waals surface area contributed by atoms with Crippen molar-refractivity contribution >= 4 is 29.0 Å². The Morgan fingerprint density at radius 3 is 2.62 bits per heavy atom. The number of anilines is 2. The fraction of sp³-hybridized carbons (Fsp3) is 0.0833. The average molecular weight is 317 g/mol. The molecule has 0 aliphatic heterocycles. The zero-order chi connectivity index (χ0) is 15.6. The van der Waals surface area contributed by atoms with E-state index >= 15 is 0 Å². The molecule has 0 fully saturated rings. The van der Waals surface area contributed by atoms with Crippen LogP contribution in [-0.4, -0.2) is 15.9 Å². The van der Waals surface area contributed by atoms with E-state index in [-0.39, 0.29) is 16.5 Å². The van der Waals surface area contributed by atoms with Gasteiger partial charge in [-0.25, -0.2) is 4.98 Å². The molecule has 1 amide bonds. The van der Waals surface area contributed by atoms with Gasteiger partial charge >= 0.3 is 6.18 Å². The summed E-state index contributed by atoms with van der Waals surface area (Å²) in [6.45, 7) is 0. The molecule has 21 heavy (non-hydrogen) atoms. The van der Waals surface area contributed by atoms with E-state index in [0.29, 0.717) is 0 Å². The Balaban J connectivity index is 2.38. The van der Waals surface area contributed by atoms with E-state index in [1.54, 1.807) is 0 Å². The Hall–Kier alpha value is -2.35. The lowest BCUT2D eigenvalue weighted by molar-refractivity contribution is -0.136. The zero-order valence-electron chi connectivity index (χ0n) is 10.3. The molecule has 0 radical (unpaired) electrons. The Bertz CT molecular complexity index is 690. The molecule has 0 saturated carbocycles.